The second-order valence-electron chi connectivity index (χ2n) is 10.2. The molecule has 0 aliphatic carbocycles. The maximum atomic E-state index is 11.6. The average molecular weight is 541 g/mol. The maximum Gasteiger partial charge on any atom is 0.480 e. The SMILES string of the molecule is C=CC([S+]=O)(c1ccccc1)c1ccccc1.CCCC[B-](c1ccccc1)(c1ccccc1)c1ccccc1. The second-order valence-corrected chi connectivity index (χ2v) is 11.0. The van der Waals surface area contributed by atoms with Crippen LogP contribution in [0, 0.1) is 0 Å². The van der Waals surface area contributed by atoms with Crippen molar-refractivity contribution < 1.29 is 4.21 Å². The molecule has 0 heterocycles. The fourth-order valence-electron chi connectivity index (χ4n) is 5.84. The third kappa shape index (κ3) is 6.21. The average Bonchev–Trinajstić information content (AvgIpc) is 3.05. The van der Waals surface area contributed by atoms with Gasteiger partial charge in [0, 0.05) is 15.3 Å². The summed E-state index contributed by atoms with van der Waals surface area (Å²) in [5.74, 6) is 0. The molecule has 0 bridgehead atoms. The third-order valence-electron chi connectivity index (χ3n) is 7.92. The zero-order valence-electron chi connectivity index (χ0n) is 23.2. The van der Waals surface area contributed by atoms with Crippen LogP contribution in [0.2, 0.25) is 6.32 Å². The van der Waals surface area contributed by atoms with Gasteiger partial charge in [-0.05, 0) is 6.08 Å². The molecule has 0 spiro atoms. The Morgan fingerprint density at radius 3 is 1.20 bits per heavy atom. The van der Waals surface area contributed by atoms with E-state index in [-0.39, 0.29) is 0 Å². The van der Waals surface area contributed by atoms with Crippen molar-refractivity contribution in [2.24, 2.45) is 0 Å². The van der Waals surface area contributed by atoms with Crippen LogP contribution in [-0.2, 0) is 20.6 Å². The summed E-state index contributed by atoms with van der Waals surface area (Å²) in [5, 5.41) is 0. The van der Waals surface area contributed by atoms with Gasteiger partial charge in [-0.3, -0.25) is 0 Å². The van der Waals surface area contributed by atoms with Crippen molar-refractivity contribution in [1.82, 2.24) is 0 Å². The molecule has 0 unspecified atom stereocenters. The number of hydrogen-bond acceptors (Lipinski definition) is 1. The van der Waals surface area contributed by atoms with Gasteiger partial charge in [-0.1, -0.05) is 178 Å². The first-order chi connectivity index (χ1) is 19.7. The van der Waals surface area contributed by atoms with E-state index in [1.165, 1.54) is 35.6 Å². The Morgan fingerprint density at radius 2 is 0.925 bits per heavy atom. The smallest absolute Gasteiger partial charge is 0.200 e. The van der Waals surface area contributed by atoms with E-state index in [0.29, 0.717) is 11.7 Å². The van der Waals surface area contributed by atoms with E-state index >= 15 is 0 Å². The Morgan fingerprint density at radius 1 is 0.600 bits per heavy atom. The molecular weight excluding hydrogens is 503 g/mol. The highest BCUT2D eigenvalue weighted by Gasteiger charge is 2.45. The molecule has 0 aliphatic heterocycles. The molecule has 3 heteroatoms. The van der Waals surface area contributed by atoms with Crippen LogP contribution in [0.25, 0.3) is 0 Å². The number of unbranched alkanes of at least 4 members (excludes halogenated alkanes) is 1. The molecule has 40 heavy (non-hydrogen) atoms. The predicted molar refractivity (Wildman–Crippen MR) is 176 cm³/mol. The molecule has 5 aromatic rings. The molecular formula is C37H37BOS. The van der Waals surface area contributed by atoms with Crippen LogP contribution in [0.3, 0.4) is 0 Å². The summed E-state index contributed by atoms with van der Waals surface area (Å²) in [5.41, 5.74) is 6.25. The van der Waals surface area contributed by atoms with Crippen LogP contribution >= 0.6 is 0 Å². The Balaban J connectivity index is 0.000000194. The largest absolute Gasteiger partial charge is 0.480 e. The molecule has 0 radical (unpaired) electrons. The zero-order valence-corrected chi connectivity index (χ0v) is 24.0. The summed E-state index contributed by atoms with van der Waals surface area (Å²) in [6, 6.07) is 52.6. The van der Waals surface area contributed by atoms with Crippen LogP contribution in [-0.4, -0.2) is 6.15 Å². The van der Waals surface area contributed by atoms with Gasteiger partial charge in [-0.15, -0.1) is 0 Å². The highest BCUT2D eigenvalue weighted by Crippen LogP contribution is 2.33. The lowest BCUT2D eigenvalue weighted by Gasteiger charge is -2.43. The van der Waals surface area contributed by atoms with Gasteiger partial charge in [-0.2, -0.15) is 22.7 Å². The summed E-state index contributed by atoms with van der Waals surface area (Å²) in [6.45, 7) is 6.12. The number of hydrogen-bond donors (Lipinski definition) is 0. The Bertz CT molecular complexity index is 1290. The Kier molecular flexibility index (Phi) is 10.4. The van der Waals surface area contributed by atoms with Crippen LogP contribution < -0.4 is 16.4 Å². The van der Waals surface area contributed by atoms with E-state index in [1.807, 2.05) is 60.7 Å². The van der Waals surface area contributed by atoms with Crippen molar-refractivity contribution in [3.8, 4) is 0 Å². The first kappa shape index (κ1) is 28.9. The van der Waals surface area contributed by atoms with Gasteiger partial charge in [-0.25, -0.2) is 0 Å². The van der Waals surface area contributed by atoms with Gasteiger partial charge in [0.15, 0.2) is 0 Å². The fraction of sp³-hybridized carbons (Fsp3) is 0.135. The maximum absolute atomic E-state index is 11.6. The lowest BCUT2D eigenvalue weighted by atomic mass is 9.14. The van der Waals surface area contributed by atoms with Crippen molar-refractivity contribution in [2.75, 3.05) is 0 Å². The van der Waals surface area contributed by atoms with Crippen molar-refractivity contribution in [3.05, 3.63) is 175 Å². The molecule has 0 amide bonds. The Hall–Kier alpha value is -4.08. The summed E-state index contributed by atoms with van der Waals surface area (Å²) < 4.78 is 10.9. The standard InChI is InChI=1S/C22H24B.C15H13OS/c1-2-3-19-23(20-13-7-4-8-14-20,21-15-9-5-10-16-21)22-17-11-6-12-18-22;1-2-15(17-16,13-9-5-3-6-10-13)14-11-7-4-8-12-14/h4-18H,2-3,19H2,1H3;2-12H,1H2/q-1;+1. The van der Waals surface area contributed by atoms with Gasteiger partial charge in [0.25, 0.3) is 0 Å². The predicted octanol–water partition coefficient (Wildman–Crippen LogP) is 7.50. The molecule has 0 saturated heterocycles. The molecule has 0 aliphatic rings. The van der Waals surface area contributed by atoms with Crippen molar-refractivity contribution in [1.29, 1.82) is 0 Å². The van der Waals surface area contributed by atoms with E-state index in [1.54, 1.807) is 6.08 Å². The first-order valence-corrected chi connectivity index (χ1v) is 14.8. The van der Waals surface area contributed by atoms with Crippen molar-refractivity contribution in [3.63, 3.8) is 0 Å². The number of benzene rings is 5. The van der Waals surface area contributed by atoms with E-state index in [4.69, 9.17) is 0 Å². The summed E-state index contributed by atoms with van der Waals surface area (Å²) in [4.78, 5) is 0. The van der Waals surface area contributed by atoms with Crippen molar-refractivity contribution >= 4 is 34.2 Å². The molecule has 0 N–H and O–H groups in total. The van der Waals surface area contributed by atoms with E-state index in [9.17, 15) is 4.21 Å². The molecule has 200 valence electrons. The number of rotatable bonds is 10. The minimum Gasteiger partial charge on any atom is -0.200 e. The lowest BCUT2D eigenvalue weighted by Crippen LogP contribution is -2.66. The fourth-order valence-corrected chi connectivity index (χ4v) is 6.37. The molecule has 0 saturated carbocycles. The quantitative estimate of drug-likeness (QED) is 0.102. The third-order valence-corrected chi connectivity index (χ3v) is 8.82. The topological polar surface area (TPSA) is 17.1 Å². The van der Waals surface area contributed by atoms with Gasteiger partial charge in [0.05, 0.1) is 6.15 Å². The molecule has 0 atom stereocenters. The summed E-state index contributed by atoms with van der Waals surface area (Å²) >= 11 is 0.556. The van der Waals surface area contributed by atoms with Crippen LogP contribution in [0.1, 0.15) is 30.9 Å². The molecule has 1 nitrogen and oxygen atoms in total. The summed E-state index contributed by atoms with van der Waals surface area (Å²) in [6.07, 6.45) is 4.45. The van der Waals surface area contributed by atoms with Gasteiger partial charge in [0.2, 0.25) is 0 Å². The van der Waals surface area contributed by atoms with Gasteiger partial charge >= 0.3 is 16.4 Å². The van der Waals surface area contributed by atoms with Crippen LogP contribution in [0.15, 0.2) is 164 Å². The first-order valence-electron chi connectivity index (χ1n) is 14.1. The van der Waals surface area contributed by atoms with Gasteiger partial charge in [0.1, 0.15) is 0 Å². The monoisotopic (exact) mass is 540 g/mol. The zero-order chi connectivity index (χ0) is 28.1. The van der Waals surface area contributed by atoms with Crippen LogP contribution in [0.4, 0.5) is 0 Å². The normalized spacial score (nSPS) is 11.1. The minimum atomic E-state index is -0.913. The Labute approximate surface area is 244 Å². The second kappa shape index (κ2) is 14.4. The van der Waals surface area contributed by atoms with E-state index in [2.05, 4.69) is 104 Å². The minimum absolute atomic E-state index is 0.556. The van der Waals surface area contributed by atoms with Crippen LogP contribution in [0.5, 0.6) is 0 Å². The molecule has 5 aromatic carbocycles. The highest BCUT2D eigenvalue weighted by molar-refractivity contribution is 7.67. The van der Waals surface area contributed by atoms with Gasteiger partial charge < -0.3 is 0 Å². The molecule has 0 fully saturated rings. The van der Waals surface area contributed by atoms with E-state index in [0.717, 1.165) is 11.1 Å². The lowest BCUT2D eigenvalue weighted by molar-refractivity contribution is 0.595. The molecule has 5 rings (SSSR count). The van der Waals surface area contributed by atoms with Crippen molar-refractivity contribution in [2.45, 2.75) is 30.8 Å². The summed E-state index contributed by atoms with van der Waals surface area (Å²) in [7, 11) is 0. The molecule has 0 aromatic heterocycles. The highest BCUT2D eigenvalue weighted by atomic mass is 32.1. The van der Waals surface area contributed by atoms with E-state index < -0.39 is 10.9 Å².